The van der Waals surface area contributed by atoms with Gasteiger partial charge in [-0.25, -0.2) is 4.79 Å². The smallest absolute Gasteiger partial charge is 0.396 e. The highest BCUT2D eigenvalue weighted by Gasteiger charge is 2.20. The SMILES string of the molecule is CCOC(=O)C(=O)NC(C)C(CC)CC. The van der Waals surface area contributed by atoms with Gasteiger partial charge in [0.05, 0.1) is 6.61 Å². The van der Waals surface area contributed by atoms with Crippen molar-refractivity contribution < 1.29 is 14.3 Å². The Hall–Kier alpha value is -1.06. The molecule has 0 rings (SSSR count). The quantitative estimate of drug-likeness (QED) is 0.558. The fourth-order valence-electron chi connectivity index (χ4n) is 1.58. The van der Waals surface area contributed by atoms with Crippen LogP contribution in [0.5, 0.6) is 0 Å². The molecule has 88 valence electrons. The van der Waals surface area contributed by atoms with Crippen LogP contribution >= 0.6 is 0 Å². The average molecular weight is 215 g/mol. The third-order valence-corrected chi connectivity index (χ3v) is 2.58. The summed E-state index contributed by atoms with van der Waals surface area (Å²) in [5.74, 6) is -1.03. The van der Waals surface area contributed by atoms with Crippen molar-refractivity contribution in [3.05, 3.63) is 0 Å². The molecule has 0 radical (unpaired) electrons. The van der Waals surface area contributed by atoms with Crippen LogP contribution in [0, 0.1) is 5.92 Å². The fourth-order valence-corrected chi connectivity index (χ4v) is 1.58. The van der Waals surface area contributed by atoms with Gasteiger partial charge >= 0.3 is 11.9 Å². The van der Waals surface area contributed by atoms with Crippen LogP contribution in [0.25, 0.3) is 0 Å². The lowest BCUT2D eigenvalue weighted by Crippen LogP contribution is -2.42. The largest absolute Gasteiger partial charge is 0.459 e. The summed E-state index contributed by atoms with van der Waals surface area (Å²) in [6.45, 7) is 7.96. The molecule has 15 heavy (non-hydrogen) atoms. The Labute approximate surface area is 91.4 Å². The van der Waals surface area contributed by atoms with E-state index in [1.165, 1.54) is 0 Å². The highest BCUT2D eigenvalue weighted by molar-refractivity contribution is 6.32. The highest BCUT2D eigenvalue weighted by Crippen LogP contribution is 2.12. The second kappa shape index (κ2) is 7.26. The second-order valence-corrected chi connectivity index (χ2v) is 3.56. The van der Waals surface area contributed by atoms with Gasteiger partial charge in [0.15, 0.2) is 0 Å². The minimum absolute atomic E-state index is 0.0110. The first kappa shape index (κ1) is 13.9. The number of hydrogen-bond donors (Lipinski definition) is 1. The number of rotatable bonds is 5. The molecule has 1 unspecified atom stereocenters. The molecule has 4 heteroatoms. The van der Waals surface area contributed by atoms with Crippen molar-refractivity contribution in [3.63, 3.8) is 0 Å². The van der Waals surface area contributed by atoms with E-state index in [4.69, 9.17) is 0 Å². The van der Waals surface area contributed by atoms with Gasteiger partial charge < -0.3 is 10.1 Å². The van der Waals surface area contributed by atoms with Gasteiger partial charge in [-0.2, -0.15) is 0 Å². The molecule has 0 aliphatic heterocycles. The number of esters is 1. The Morgan fingerprint density at radius 3 is 2.13 bits per heavy atom. The summed E-state index contributed by atoms with van der Waals surface area (Å²) in [7, 11) is 0. The molecule has 1 N–H and O–H groups in total. The molecule has 0 saturated heterocycles. The van der Waals surface area contributed by atoms with E-state index in [-0.39, 0.29) is 12.6 Å². The molecule has 0 spiro atoms. The lowest BCUT2D eigenvalue weighted by Gasteiger charge is -2.21. The zero-order chi connectivity index (χ0) is 11.8. The summed E-state index contributed by atoms with van der Waals surface area (Å²) in [6.07, 6.45) is 1.97. The van der Waals surface area contributed by atoms with Crippen LogP contribution in [-0.4, -0.2) is 24.5 Å². The maximum Gasteiger partial charge on any atom is 0.396 e. The number of nitrogens with one attached hydrogen (secondary N) is 1. The van der Waals surface area contributed by atoms with Gasteiger partial charge in [0.2, 0.25) is 0 Å². The Kier molecular flexibility index (Phi) is 6.75. The Balaban J connectivity index is 4.10. The topological polar surface area (TPSA) is 55.4 Å². The van der Waals surface area contributed by atoms with Gasteiger partial charge in [0, 0.05) is 6.04 Å². The maximum atomic E-state index is 11.3. The van der Waals surface area contributed by atoms with Crippen molar-refractivity contribution in [2.75, 3.05) is 6.61 Å². The number of hydrogen-bond acceptors (Lipinski definition) is 3. The minimum atomic E-state index is -0.796. The van der Waals surface area contributed by atoms with Gasteiger partial charge in [-0.1, -0.05) is 26.7 Å². The van der Waals surface area contributed by atoms with E-state index >= 15 is 0 Å². The molecule has 4 nitrogen and oxygen atoms in total. The van der Waals surface area contributed by atoms with Crippen molar-refractivity contribution in [2.45, 2.75) is 46.6 Å². The Morgan fingerprint density at radius 1 is 1.20 bits per heavy atom. The normalized spacial score (nSPS) is 12.3. The molecule has 1 amide bonds. The number of ether oxygens (including phenoxy) is 1. The van der Waals surface area contributed by atoms with Crippen LogP contribution in [0.3, 0.4) is 0 Å². The molecular weight excluding hydrogens is 194 g/mol. The van der Waals surface area contributed by atoms with E-state index in [1.807, 2.05) is 6.92 Å². The molecular formula is C11H21NO3. The summed E-state index contributed by atoms with van der Waals surface area (Å²) in [5, 5.41) is 2.65. The lowest BCUT2D eigenvalue weighted by molar-refractivity contribution is -0.155. The van der Waals surface area contributed by atoms with E-state index in [0.717, 1.165) is 12.8 Å². The van der Waals surface area contributed by atoms with Crippen LogP contribution in [0.2, 0.25) is 0 Å². The first-order chi connectivity index (χ1) is 7.06. The molecule has 0 bridgehead atoms. The third kappa shape index (κ3) is 4.81. The molecule has 0 aliphatic carbocycles. The zero-order valence-corrected chi connectivity index (χ0v) is 10.0. The Bertz CT molecular complexity index is 212. The van der Waals surface area contributed by atoms with Gasteiger partial charge in [-0.05, 0) is 19.8 Å². The fraction of sp³-hybridized carbons (Fsp3) is 0.818. The number of amides is 1. The molecule has 0 fully saturated rings. The molecule has 0 aromatic rings. The van der Waals surface area contributed by atoms with Crippen molar-refractivity contribution in [3.8, 4) is 0 Å². The van der Waals surface area contributed by atoms with E-state index < -0.39 is 11.9 Å². The highest BCUT2D eigenvalue weighted by atomic mass is 16.5. The lowest BCUT2D eigenvalue weighted by atomic mass is 9.95. The van der Waals surface area contributed by atoms with Crippen molar-refractivity contribution >= 4 is 11.9 Å². The summed E-state index contributed by atoms with van der Waals surface area (Å²) in [4.78, 5) is 22.3. The van der Waals surface area contributed by atoms with Gasteiger partial charge in [-0.15, -0.1) is 0 Å². The number of carbonyl (C=O) groups is 2. The van der Waals surface area contributed by atoms with Crippen molar-refractivity contribution in [2.24, 2.45) is 5.92 Å². The molecule has 1 atom stereocenters. The van der Waals surface area contributed by atoms with Crippen LogP contribution in [-0.2, 0) is 14.3 Å². The zero-order valence-electron chi connectivity index (χ0n) is 10.0. The molecule has 0 aromatic heterocycles. The standard InChI is InChI=1S/C11H21NO3/c1-5-9(6-2)8(4)12-10(13)11(14)15-7-3/h8-9H,5-7H2,1-4H3,(H,12,13). The summed E-state index contributed by atoms with van der Waals surface area (Å²) >= 11 is 0. The van der Waals surface area contributed by atoms with Gasteiger partial charge in [0.1, 0.15) is 0 Å². The Morgan fingerprint density at radius 2 is 1.73 bits per heavy atom. The summed E-state index contributed by atoms with van der Waals surface area (Å²) in [6, 6.07) is 0.0110. The molecule has 0 saturated carbocycles. The maximum absolute atomic E-state index is 11.3. The first-order valence-electron chi connectivity index (χ1n) is 5.54. The monoisotopic (exact) mass is 215 g/mol. The number of carbonyl (C=O) groups excluding carboxylic acids is 2. The molecule has 0 heterocycles. The first-order valence-corrected chi connectivity index (χ1v) is 5.54. The van der Waals surface area contributed by atoms with E-state index in [0.29, 0.717) is 5.92 Å². The third-order valence-electron chi connectivity index (χ3n) is 2.58. The molecule has 0 aromatic carbocycles. The van der Waals surface area contributed by atoms with E-state index in [9.17, 15) is 9.59 Å². The van der Waals surface area contributed by atoms with E-state index in [1.54, 1.807) is 6.92 Å². The van der Waals surface area contributed by atoms with Crippen LogP contribution in [0.4, 0.5) is 0 Å². The van der Waals surface area contributed by atoms with Gasteiger partial charge in [-0.3, -0.25) is 4.79 Å². The van der Waals surface area contributed by atoms with Crippen LogP contribution in [0.15, 0.2) is 0 Å². The van der Waals surface area contributed by atoms with Crippen molar-refractivity contribution in [1.82, 2.24) is 5.32 Å². The molecule has 0 aliphatic rings. The van der Waals surface area contributed by atoms with Crippen LogP contribution < -0.4 is 5.32 Å². The minimum Gasteiger partial charge on any atom is -0.459 e. The summed E-state index contributed by atoms with van der Waals surface area (Å²) in [5.41, 5.74) is 0. The summed E-state index contributed by atoms with van der Waals surface area (Å²) < 4.78 is 4.60. The van der Waals surface area contributed by atoms with Crippen LogP contribution in [0.1, 0.15) is 40.5 Å². The predicted octanol–water partition coefficient (Wildman–Crippen LogP) is 1.49. The van der Waals surface area contributed by atoms with Crippen molar-refractivity contribution in [1.29, 1.82) is 0 Å². The average Bonchev–Trinajstić information content (AvgIpc) is 2.19. The predicted molar refractivity (Wildman–Crippen MR) is 58.3 cm³/mol. The van der Waals surface area contributed by atoms with Gasteiger partial charge in [0.25, 0.3) is 0 Å². The second-order valence-electron chi connectivity index (χ2n) is 3.56. The van der Waals surface area contributed by atoms with E-state index in [2.05, 4.69) is 23.9 Å².